The summed E-state index contributed by atoms with van der Waals surface area (Å²) in [6, 6.07) is 26.0. The first-order valence-electron chi connectivity index (χ1n) is 16.8. The van der Waals surface area contributed by atoms with Crippen LogP contribution in [0.25, 0.3) is 10.8 Å². The van der Waals surface area contributed by atoms with E-state index in [1.807, 2.05) is 98.8 Å². The van der Waals surface area contributed by atoms with Crippen molar-refractivity contribution < 1.29 is 14.4 Å². The fraction of sp³-hybridized carbons (Fsp3) is 0.350. The second-order valence-corrected chi connectivity index (χ2v) is 12.6. The maximum absolute atomic E-state index is 14.5. The van der Waals surface area contributed by atoms with Gasteiger partial charge in [0.15, 0.2) is 0 Å². The van der Waals surface area contributed by atoms with E-state index in [2.05, 4.69) is 16.4 Å². The molecule has 4 aromatic rings. The molecule has 2 atom stereocenters. The Hall–Kier alpha value is -4.82. The van der Waals surface area contributed by atoms with Gasteiger partial charge in [-0.2, -0.15) is 0 Å². The summed E-state index contributed by atoms with van der Waals surface area (Å²) in [5.41, 5.74) is 9.00. The number of nitrogens with two attached hydrogens (primary N) is 1. The zero-order valence-corrected chi connectivity index (χ0v) is 28.6. The van der Waals surface area contributed by atoms with Crippen LogP contribution in [-0.4, -0.2) is 70.8 Å². The number of benzene rings is 3. The Labute approximate surface area is 285 Å². The van der Waals surface area contributed by atoms with Gasteiger partial charge in [-0.05, 0) is 71.4 Å². The molecule has 1 heterocycles. The van der Waals surface area contributed by atoms with E-state index < -0.39 is 12.1 Å². The van der Waals surface area contributed by atoms with Gasteiger partial charge in [0.2, 0.25) is 17.7 Å². The van der Waals surface area contributed by atoms with Gasteiger partial charge in [0, 0.05) is 51.4 Å². The highest BCUT2D eigenvalue weighted by Gasteiger charge is 2.35. The largest absolute Gasteiger partial charge is 0.354 e. The number of nitrogens with one attached hydrogen (secondary N) is 1. The van der Waals surface area contributed by atoms with Crippen molar-refractivity contribution in [2.45, 2.75) is 70.0 Å². The van der Waals surface area contributed by atoms with E-state index in [4.69, 9.17) is 5.73 Å². The first-order chi connectivity index (χ1) is 23.1. The molecule has 8 heteroatoms. The van der Waals surface area contributed by atoms with Crippen molar-refractivity contribution >= 4 is 28.5 Å². The van der Waals surface area contributed by atoms with Crippen LogP contribution in [0, 0.1) is 0 Å². The van der Waals surface area contributed by atoms with E-state index in [0.717, 1.165) is 40.3 Å². The van der Waals surface area contributed by atoms with Crippen molar-refractivity contribution in [1.82, 2.24) is 20.1 Å². The molecule has 0 aliphatic carbocycles. The van der Waals surface area contributed by atoms with Crippen LogP contribution >= 0.6 is 0 Å². The number of pyridine rings is 1. The van der Waals surface area contributed by atoms with Gasteiger partial charge in [0.05, 0.1) is 0 Å². The zero-order chi connectivity index (χ0) is 34.5. The summed E-state index contributed by atoms with van der Waals surface area (Å²) in [7, 11) is 3.31. The summed E-state index contributed by atoms with van der Waals surface area (Å²) < 4.78 is 0. The Morgan fingerprint density at radius 1 is 0.792 bits per heavy atom. The Morgan fingerprint density at radius 2 is 1.44 bits per heavy atom. The Morgan fingerprint density at radius 3 is 2.12 bits per heavy atom. The minimum absolute atomic E-state index is 0.250. The molecular weight excluding hydrogens is 598 g/mol. The molecule has 0 fully saturated rings. The van der Waals surface area contributed by atoms with Crippen molar-refractivity contribution in [3.63, 3.8) is 0 Å². The fourth-order valence-corrected chi connectivity index (χ4v) is 5.81. The molecule has 3 amide bonds. The van der Waals surface area contributed by atoms with Crippen LogP contribution in [0.5, 0.6) is 0 Å². The van der Waals surface area contributed by atoms with Crippen LogP contribution in [0.4, 0.5) is 0 Å². The molecule has 0 aliphatic rings. The summed E-state index contributed by atoms with van der Waals surface area (Å²) in [5, 5.41) is 5.19. The Kier molecular flexibility index (Phi) is 13.0. The number of carbonyl (C=O) groups excluding carboxylic acids is 3. The van der Waals surface area contributed by atoms with Gasteiger partial charge < -0.3 is 20.9 Å². The lowest BCUT2D eigenvalue weighted by Gasteiger charge is -2.34. The number of aromatic nitrogens is 1. The minimum atomic E-state index is -0.851. The van der Waals surface area contributed by atoms with Crippen LogP contribution < -0.4 is 11.1 Å². The highest BCUT2D eigenvalue weighted by Crippen LogP contribution is 2.21. The molecule has 0 radical (unpaired) electrons. The lowest BCUT2D eigenvalue weighted by Crippen LogP contribution is -2.56. The molecule has 3 N–H and O–H groups in total. The van der Waals surface area contributed by atoms with Crippen molar-refractivity contribution in [2.75, 3.05) is 20.6 Å². The molecule has 4 rings (SSSR count). The minimum Gasteiger partial charge on any atom is -0.354 e. The Bertz CT molecular complexity index is 1670. The van der Waals surface area contributed by atoms with Gasteiger partial charge in [-0.1, -0.05) is 92.7 Å². The summed E-state index contributed by atoms with van der Waals surface area (Å²) in [5.74, 6) is -0.855. The molecule has 0 bridgehead atoms. The van der Waals surface area contributed by atoms with Crippen LogP contribution in [0.15, 0.2) is 109 Å². The fourth-order valence-electron chi connectivity index (χ4n) is 5.81. The van der Waals surface area contributed by atoms with Crippen LogP contribution in [-0.2, 0) is 33.6 Å². The van der Waals surface area contributed by atoms with E-state index in [0.29, 0.717) is 25.8 Å². The molecule has 8 nitrogen and oxygen atoms in total. The predicted octanol–water partition coefficient (Wildman–Crippen LogP) is 5.50. The van der Waals surface area contributed by atoms with Gasteiger partial charge in [-0.15, -0.1) is 0 Å². The van der Waals surface area contributed by atoms with Crippen molar-refractivity contribution in [3.05, 3.63) is 126 Å². The summed E-state index contributed by atoms with van der Waals surface area (Å²) in [6.07, 6.45) is 10.2. The number of carbonyl (C=O) groups is 3. The van der Waals surface area contributed by atoms with Crippen LogP contribution in [0.1, 0.15) is 49.8 Å². The number of amides is 3. The second kappa shape index (κ2) is 17.4. The second-order valence-electron chi connectivity index (χ2n) is 12.6. The van der Waals surface area contributed by atoms with E-state index in [1.54, 1.807) is 26.5 Å². The number of fused-ring (bicyclic) bond motifs is 1. The maximum atomic E-state index is 14.5. The van der Waals surface area contributed by atoms with Crippen LogP contribution in [0.3, 0.4) is 0 Å². The number of hydrogen-bond donors (Lipinski definition) is 2. The molecule has 0 spiro atoms. The maximum Gasteiger partial charge on any atom is 0.246 e. The van der Waals surface area contributed by atoms with Gasteiger partial charge in [0.1, 0.15) is 12.1 Å². The molecule has 0 saturated heterocycles. The molecule has 1 aromatic heterocycles. The molecule has 0 unspecified atom stereocenters. The first-order valence-corrected chi connectivity index (χ1v) is 16.8. The number of hydrogen-bond acceptors (Lipinski definition) is 5. The third-order valence-corrected chi connectivity index (χ3v) is 9.39. The lowest BCUT2D eigenvalue weighted by molar-refractivity contribution is -0.146. The lowest BCUT2D eigenvalue weighted by atomic mass is 9.90. The SMILES string of the molecule is CCC(N)(CC)C/C=C/C(=O)N(C)[C@H](Cc1ccc2ccccc2c1)C(=O)N(C)[C@H](Cc1ccccc1)C(=O)NCCc1ccncc1. The average molecular weight is 648 g/mol. The average Bonchev–Trinajstić information content (AvgIpc) is 3.12. The highest BCUT2D eigenvalue weighted by molar-refractivity contribution is 5.95. The Balaban J connectivity index is 1.61. The number of rotatable bonds is 16. The molecular formula is C40H49N5O3. The van der Waals surface area contributed by atoms with E-state index in [9.17, 15) is 14.4 Å². The highest BCUT2D eigenvalue weighted by atomic mass is 16.2. The predicted molar refractivity (Wildman–Crippen MR) is 193 cm³/mol. The monoisotopic (exact) mass is 647 g/mol. The molecule has 0 saturated carbocycles. The third-order valence-electron chi connectivity index (χ3n) is 9.39. The van der Waals surface area contributed by atoms with Gasteiger partial charge in [-0.3, -0.25) is 19.4 Å². The van der Waals surface area contributed by atoms with Crippen molar-refractivity contribution in [1.29, 1.82) is 0 Å². The van der Waals surface area contributed by atoms with E-state index in [-0.39, 0.29) is 29.7 Å². The topological polar surface area (TPSA) is 109 Å². The van der Waals surface area contributed by atoms with Gasteiger partial charge in [0.25, 0.3) is 0 Å². The van der Waals surface area contributed by atoms with Crippen molar-refractivity contribution in [2.24, 2.45) is 5.73 Å². The first kappa shape index (κ1) is 36.0. The standard InChI is InChI=1S/C40H49N5O3/c1-5-40(41,6-2)23-12-17-37(46)44(3)36(29-32-18-19-33-15-10-11-16-34(33)27-32)39(48)45(4)35(28-31-13-8-7-9-14-31)38(47)43-26-22-30-20-24-42-25-21-30/h7-21,24-25,27,35-36H,5-6,22-23,26,28-29,41H2,1-4H3,(H,43,47)/b17-12+/t35-,36-/m1/s1. The summed E-state index contributed by atoms with van der Waals surface area (Å²) in [6.45, 7) is 4.50. The van der Waals surface area contributed by atoms with E-state index in [1.165, 1.54) is 15.9 Å². The molecule has 48 heavy (non-hydrogen) atoms. The summed E-state index contributed by atoms with van der Waals surface area (Å²) in [4.78, 5) is 48.9. The van der Waals surface area contributed by atoms with Gasteiger partial charge >= 0.3 is 0 Å². The molecule has 0 aliphatic heterocycles. The molecule has 3 aromatic carbocycles. The zero-order valence-electron chi connectivity index (χ0n) is 28.6. The molecule has 252 valence electrons. The third kappa shape index (κ3) is 9.84. The van der Waals surface area contributed by atoms with E-state index >= 15 is 0 Å². The van der Waals surface area contributed by atoms with Crippen LogP contribution in [0.2, 0.25) is 0 Å². The normalized spacial score (nSPS) is 12.9. The quantitative estimate of drug-likeness (QED) is 0.156. The smallest absolute Gasteiger partial charge is 0.246 e. The van der Waals surface area contributed by atoms with Crippen molar-refractivity contribution in [3.8, 4) is 0 Å². The number of nitrogens with zero attached hydrogens (tertiary/aromatic N) is 3. The summed E-state index contributed by atoms with van der Waals surface area (Å²) >= 11 is 0. The number of likely N-dealkylation sites (N-methyl/N-ethyl adjacent to an activating group) is 2. The van der Waals surface area contributed by atoms with Gasteiger partial charge in [-0.25, -0.2) is 0 Å².